The number of methoxy groups -OCH3 is 2. The van der Waals surface area contributed by atoms with E-state index in [1.165, 1.54) is 21.9 Å². The average molecular weight is 488 g/mol. The number of aromatic nitrogens is 2. The summed E-state index contributed by atoms with van der Waals surface area (Å²) in [6, 6.07) is 20.6. The second kappa shape index (κ2) is 9.46. The van der Waals surface area contributed by atoms with Crippen molar-refractivity contribution < 1.29 is 14.3 Å². The Morgan fingerprint density at radius 2 is 1.77 bits per heavy atom. The van der Waals surface area contributed by atoms with E-state index < -0.39 is 0 Å². The Balaban J connectivity index is 1.54. The first-order valence-corrected chi connectivity index (χ1v) is 12.3. The lowest BCUT2D eigenvalue weighted by Crippen LogP contribution is -2.37. The summed E-state index contributed by atoms with van der Waals surface area (Å²) in [6.07, 6.45) is 0.831. The van der Waals surface area contributed by atoms with E-state index in [9.17, 15) is 9.59 Å². The standard InChI is InChI=1S/C27H25N3O4S/c1-17-14-18-8-4-7-11-22(18)29(17)25(31)16-35-27-28-21-10-6-5-9-20(21)26(32)30(27)19-12-13-23(33-2)24(15-19)34-3/h4-13,15,17H,14,16H2,1-3H3/t17-/m0/s1. The van der Waals surface area contributed by atoms with Crippen LogP contribution in [0.2, 0.25) is 0 Å². The van der Waals surface area contributed by atoms with E-state index in [0.717, 1.165) is 12.1 Å². The first-order chi connectivity index (χ1) is 17.0. The van der Waals surface area contributed by atoms with E-state index in [1.54, 1.807) is 44.6 Å². The van der Waals surface area contributed by atoms with Crippen molar-refractivity contribution in [3.8, 4) is 17.2 Å². The molecule has 1 amide bonds. The minimum Gasteiger partial charge on any atom is -0.493 e. The Kier molecular flexibility index (Phi) is 6.21. The molecule has 3 aromatic carbocycles. The van der Waals surface area contributed by atoms with Gasteiger partial charge in [-0.15, -0.1) is 0 Å². The summed E-state index contributed by atoms with van der Waals surface area (Å²) in [5.74, 6) is 1.19. The van der Waals surface area contributed by atoms with E-state index >= 15 is 0 Å². The molecule has 35 heavy (non-hydrogen) atoms. The maximum Gasteiger partial charge on any atom is 0.266 e. The van der Waals surface area contributed by atoms with Crippen molar-refractivity contribution in [1.29, 1.82) is 0 Å². The number of amides is 1. The lowest BCUT2D eigenvalue weighted by Gasteiger charge is -2.23. The summed E-state index contributed by atoms with van der Waals surface area (Å²) in [5.41, 5.74) is 3.08. The Labute approximate surface area is 207 Å². The van der Waals surface area contributed by atoms with E-state index in [4.69, 9.17) is 14.5 Å². The molecular formula is C27H25N3O4S. The SMILES string of the molecule is COc1ccc(-n2c(SCC(=O)N3c4ccccc4C[C@@H]3C)nc3ccccc3c2=O)cc1OC. The maximum atomic E-state index is 13.6. The first-order valence-electron chi connectivity index (χ1n) is 11.3. The fourth-order valence-electron chi connectivity index (χ4n) is 4.54. The molecule has 0 bridgehead atoms. The van der Waals surface area contributed by atoms with Crippen LogP contribution < -0.4 is 19.9 Å². The van der Waals surface area contributed by atoms with Crippen LogP contribution in [-0.2, 0) is 11.2 Å². The lowest BCUT2D eigenvalue weighted by atomic mass is 10.1. The van der Waals surface area contributed by atoms with Gasteiger partial charge in [-0.05, 0) is 49.2 Å². The van der Waals surface area contributed by atoms with Gasteiger partial charge in [0, 0.05) is 17.8 Å². The van der Waals surface area contributed by atoms with Gasteiger partial charge in [-0.3, -0.25) is 14.2 Å². The van der Waals surface area contributed by atoms with Crippen molar-refractivity contribution in [3.05, 3.63) is 82.6 Å². The molecule has 178 valence electrons. The number of rotatable bonds is 6. The molecule has 0 spiro atoms. The maximum absolute atomic E-state index is 13.6. The summed E-state index contributed by atoms with van der Waals surface area (Å²) in [6.45, 7) is 2.05. The van der Waals surface area contributed by atoms with Crippen molar-refractivity contribution in [2.75, 3.05) is 24.9 Å². The van der Waals surface area contributed by atoms with Crippen LogP contribution in [0, 0.1) is 0 Å². The van der Waals surface area contributed by atoms with Crippen LogP contribution >= 0.6 is 11.8 Å². The van der Waals surface area contributed by atoms with E-state index in [-0.39, 0.29) is 23.3 Å². The van der Waals surface area contributed by atoms with E-state index in [0.29, 0.717) is 33.2 Å². The van der Waals surface area contributed by atoms with Crippen LogP contribution in [0.3, 0.4) is 0 Å². The second-order valence-corrected chi connectivity index (χ2v) is 9.27. The molecule has 5 rings (SSSR count). The topological polar surface area (TPSA) is 73.7 Å². The zero-order valence-electron chi connectivity index (χ0n) is 19.7. The number of para-hydroxylation sites is 2. The molecule has 0 saturated carbocycles. The average Bonchev–Trinajstić information content (AvgIpc) is 3.22. The molecule has 8 heteroatoms. The number of fused-ring (bicyclic) bond motifs is 2. The first kappa shape index (κ1) is 23.0. The number of ether oxygens (including phenoxy) is 2. The van der Waals surface area contributed by atoms with Gasteiger partial charge in [0.1, 0.15) is 0 Å². The number of anilines is 1. The van der Waals surface area contributed by atoms with Gasteiger partial charge in [-0.1, -0.05) is 42.1 Å². The van der Waals surface area contributed by atoms with Crippen molar-refractivity contribution in [2.45, 2.75) is 24.5 Å². The predicted molar refractivity (Wildman–Crippen MR) is 138 cm³/mol. The summed E-state index contributed by atoms with van der Waals surface area (Å²) >= 11 is 1.25. The third kappa shape index (κ3) is 4.14. The van der Waals surface area contributed by atoms with Gasteiger partial charge in [-0.25, -0.2) is 4.98 Å². The zero-order chi connectivity index (χ0) is 24.5. The number of nitrogens with zero attached hydrogens (tertiary/aromatic N) is 3. The molecule has 0 radical (unpaired) electrons. The quantitative estimate of drug-likeness (QED) is 0.295. The Hall–Kier alpha value is -3.78. The smallest absolute Gasteiger partial charge is 0.266 e. The third-order valence-corrected chi connectivity index (χ3v) is 7.09. The predicted octanol–water partition coefficient (Wildman–Crippen LogP) is 4.47. The Morgan fingerprint density at radius 1 is 1.03 bits per heavy atom. The summed E-state index contributed by atoms with van der Waals surface area (Å²) in [5, 5.41) is 0.939. The molecule has 2 heterocycles. The lowest BCUT2D eigenvalue weighted by molar-refractivity contribution is -0.116. The van der Waals surface area contributed by atoms with Crippen LogP contribution in [0.1, 0.15) is 12.5 Å². The van der Waals surface area contributed by atoms with Crippen molar-refractivity contribution in [1.82, 2.24) is 9.55 Å². The largest absolute Gasteiger partial charge is 0.493 e. The molecule has 7 nitrogen and oxygen atoms in total. The Morgan fingerprint density at radius 3 is 2.57 bits per heavy atom. The highest BCUT2D eigenvalue weighted by atomic mass is 32.2. The molecule has 1 aromatic heterocycles. The fraction of sp³-hybridized carbons (Fsp3) is 0.222. The van der Waals surface area contributed by atoms with Gasteiger partial charge < -0.3 is 14.4 Å². The van der Waals surface area contributed by atoms with Crippen LogP contribution in [0.4, 0.5) is 5.69 Å². The summed E-state index contributed by atoms with van der Waals surface area (Å²) < 4.78 is 12.3. The Bertz CT molecular complexity index is 1480. The van der Waals surface area contributed by atoms with Crippen LogP contribution in [0.15, 0.2) is 76.7 Å². The highest BCUT2D eigenvalue weighted by molar-refractivity contribution is 7.99. The highest BCUT2D eigenvalue weighted by Crippen LogP contribution is 2.34. The molecule has 0 aliphatic carbocycles. The second-order valence-electron chi connectivity index (χ2n) is 8.33. The molecule has 0 fully saturated rings. The van der Waals surface area contributed by atoms with Crippen molar-refractivity contribution >= 4 is 34.3 Å². The number of thioether (sulfide) groups is 1. The molecule has 1 aliphatic rings. The summed E-state index contributed by atoms with van der Waals surface area (Å²) in [4.78, 5) is 33.5. The van der Waals surface area contributed by atoms with E-state index in [2.05, 4.69) is 13.0 Å². The molecule has 0 unspecified atom stereocenters. The number of carbonyl (C=O) groups excluding carboxylic acids is 1. The van der Waals surface area contributed by atoms with Gasteiger partial charge in [-0.2, -0.15) is 0 Å². The molecule has 1 aliphatic heterocycles. The molecule has 4 aromatic rings. The minimum absolute atomic E-state index is 0.0197. The summed E-state index contributed by atoms with van der Waals surface area (Å²) in [7, 11) is 3.11. The normalized spacial score (nSPS) is 14.7. The van der Waals surface area contributed by atoms with Gasteiger partial charge in [0.15, 0.2) is 16.7 Å². The fourth-order valence-corrected chi connectivity index (χ4v) is 5.41. The van der Waals surface area contributed by atoms with Crippen molar-refractivity contribution in [2.24, 2.45) is 0 Å². The zero-order valence-corrected chi connectivity index (χ0v) is 20.5. The number of benzene rings is 3. The molecule has 0 N–H and O–H groups in total. The van der Waals surface area contributed by atoms with Crippen LogP contribution in [-0.4, -0.2) is 41.5 Å². The number of hydrogen-bond acceptors (Lipinski definition) is 6. The number of hydrogen-bond donors (Lipinski definition) is 0. The number of carbonyl (C=O) groups is 1. The molecule has 1 atom stereocenters. The van der Waals surface area contributed by atoms with Crippen LogP contribution in [0.5, 0.6) is 11.5 Å². The van der Waals surface area contributed by atoms with Gasteiger partial charge in [0.05, 0.1) is 36.6 Å². The van der Waals surface area contributed by atoms with E-state index in [1.807, 2.05) is 35.2 Å². The highest BCUT2D eigenvalue weighted by Gasteiger charge is 2.30. The van der Waals surface area contributed by atoms with Crippen LogP contribution in [0.25, 0.3) is 16.6 Å². The van der Waals surface area contributed by atoms with Crippen molar-refractivity contribution in [3.63, 3.8) is 0 Å². The molecular weight excluding hydrogens is 462 g/mol. The van der Waals surface area contributed by atoms with Gasteiger partial charge >= 0.3 is 0 Å². The minimum atomic E-state index is -0.211. The van der Waals surface area contributed by atoms with Gasteiger partial charge in [0.2, 0.25) is 5.91 Å². The molecule has 0 saturated heterocycles. The monoisotopic (exact) mass is 487 g/mol. The van der Waals surface area contributed by atoms with Gasteiger partial charge in [0.25, 0.3) is 5.56 Å². The third-order valence-electron chi connectivity index (χ3n) is 6.17.